The molecule has 0 bridgehead atoms. The maximum atomic E-state index is 8.54. The van der Waals surface area contributed by atoms with Gasteiger partial charge in [-0.15, -0.1) is 0 Å². The molecule has 0 aliphatic carbocycles. The van der Waals surface area contributed by atoms with E-state index in [-0.39, 0.29) is 0 Å². The number of aromatic nitrogens is 4. The van der Waals surface area contributed by atoms with Gasteiger partial charge in [-0.3, -0.25) is 15.0 Å². The van der Waals surface area contributed by atoms with Gasteiger partial charge in [-0.1, -0.05) is 13.8 Å². The minimum absolute atomic E-state index is 0.482. The van der Waals surface area contributed by atoms with E-state index in [1.54, 1.807) is 12.5 Å². The zero-order chi connectivity index (χ0) is 15.9. The Kier molecular flexibility index (Phi) is 3.56. The molecule has 0 radical (unpaired) electrons. The highest BCUT2D eigenvalue weighted by molar-refractivity contribution is 5.82. The molecule has 1 N–H and O–H groups in total. The monoisotopic (exact) mass is 295 g/mol. The summed E-state index contributed by atoms with van der Waals surface area (Å²) in [6, 6.07) is 3.93. The maximum Gasteiger partial charge on any atom is 0.150 e. The van der Waals surface area contributed by atoms with E-state index in [0.29, 0.717) is 11.4 Å². The molecule has 114 valence electrons. The Morgan fingerprint density at radius 2 is 2.05 bits per heavy atom. The second-order valence-corrected chi connectivity index (χ2v) is 6.10. The van der Waals surface area contributed by atoms with Crippen molar-refractivity contribution in [1.29, 1.82) is 5.41 Å². The SMILES string of the molecule is Cc1c(C)n(-c2cccnc2)c2ncn(CC(C)C)c(=N)c12. The Morgan fingerprint density at radius 3 is 2.68 bits per heavy atom. The van der Waals surface area contributed by atoms with Crippen LogP contribution in [0.5, 0.6) is 0 Å². The number of fused-ring (bicyclic) bond motifs is 1. The zero-order valence-corrected chi connectivity index (χ0v) is 13.5. The van der Waals surface area contributed by atoms with Gasteiger partial charge in [0.15, 0.2) is 5.65 Å². The van der Waals surface area contributed by atoms with Crippen LogP contribution in [0.2, 0.25) is 0 Å². The number of hydrogen-bond donors (Lipinski definition) is 1. The fourth-order valence-corrected chi connectivity index (χ4v) is 2.85. The van der Waals surface area contributed by atoms with Crippen molar-refractivity contribution in [2.24, 2.45) is 5.92 Å². The molecule has 0 aromatic carbocycles. The molecule has 3 heterocycles. The van der Waals surface area contributed by atoms with E-state index in [1.165, 1.54) is 0 Å². The maximum absolute atomic E-state index is 8.54. The van der Waals surface area contributed by atoms with E-state index in [0.717, 1.165) is 34.5 Å². The minimum Gasteiger partial charge on any atom is -0.317 e. The summed E-state index contributed by atoms with van der Waals surface area (Å²) in [5.41, 5.74) is 4.54. The van der Waals surface area contributed by atoms with Crippen LogP contribution >= 0.6 is 0 Å². The number of nitrogens with one attached hydrogen (secondary N) is 1. The smallest absolute Gasteiger partial charge is 0.150 e. The molecule has 3 rings (SSSR count). The average Bonchev–Trinajstić information content (AvgIpc) is 2.75. The quantitative estimate of drug-likeness (QED) is 0.807. The van der Waals surface area contributed by atoms with Gasteiger partial charge in [0.25, 0.3) is 0 Å². The molecule has 0 unspecified atom stereocenters. The summed E-state index contributed by atoms with van der Waals surface area (Å²) in [4.78, 5) is 8.83. The molecule has 0 amide bonds. The van der Waals surface area contributed by atoms with Gasteiger partial charge in [-0.2, -0.15) is 0 Å². The van der Waals surface area contributed by atoms with Crippen molar-refractivity contribution in [3.05, 3.63) is 47.6 Å². The summed E-state index contributed by atoms with van der Waals surface area (Å²) in [7, 11) is 0. The first-order valence-corrected chi connectivity index (χ1v) is 7.52. The van der Waals surface area contributed by atoms with Gasteiger partial charge >= 0.3 is 0 Å². The largest absolute Gasteiger partial charge is 0.317 e. The van der Waals surface area contributed by atoms with Crippen LogP contribution in [-0.2, 0) is 6.54 Å². The van der Waals surface area contributed by atoms with Gasteiger partial charge in [-0.05, 0) is 37.5 Å². The van der Waals surface area contributed by atoms with E-state index in [9.17, 15) is 0 Å². The van der Waals surface area contributed by atoms with Crippen molar-refractivity contribution in [2.75, 3.05) is 0 Å². The van der Waals surface area contributed by atoms with E-state index in [2.05, 4.69) is 42.2 Å². The Labute approximate surface area is 129 Å². The number of aryl methyl sites for hydroxylation is 1. The molecule has 5 heteroatoms. The molecular formula is C17H21N5. The van der Waals surface area contributed by atoms with Crippen LogP contribution in [0.1, 0.15) is 25.1 Å². The second kappa shape index (κ2) is 5.40. The Morgan fingerprint density at radius 1 is 1.27 bits per heavy atom. The predicted molar refractivity (Wildman–Crippen MR) is 87.0 cm³/mol. The van der Waals surface area contributed by atoms with Crippen LogP contribution in [0.15, 0.2) is 30.9 Å². The van der Waals surface area contributed by atoms with Crippen LogP contribution in [0.3, 0.4) is 0 Å². The van der Waals surface area contributed by atoms with E-state index in [1.807, 2.05) is 22.9 Å². The number of pyridine rings is 1. The third-order valence-electron chi connectivity index (χ3n) is 4.00. The lowest BCUT2D eigenvalue weighted by Crippen LogP contribution is -2.23. The topological polar surface area (TPSA) is 59.5 Å². The van der Waals surface area contributed by atoms with Gasteiger partial charge in [0.05, 0.1) is 23.6 Å². The van der Waals surface area contributed by atoms with Gasteiger partial charge in [0.2, 0.25) is 0 Å². The fraction of sp³-hybridized carbons (Fsp3) is 0.353. The average molecular weight is 295 g/mol. The number of nitrogens with zero attached hydrogens (tertiary/aromatic N) is 4. The molecule has 0 aliphatic rings. The molecule has 0 atom stereocenters. The lowest BCUT2D eigenvalue weighted by molar-refractivity contribution is 0.501. The first-order valence-electron chi connectivity index (χ1n) is 7.52. The van der Waals surface area contributed by atoms with Gasteiger partial charge in [0.1, 0.15) is 5.49 Å². The molecule has 22 heavy (non-hydrogen) atoms. The summed E-state index contributed by atoms with van der Waals surface area (Å²) in [5, 5.41) is 9.46. The lowest BCUT2D eigenvalue weighted by atomic mass is 10.2. The molecule has 0 saturated carbocycles. The Balaban J connectivity index is 2.32. The Bertz CT molecular complexity index is 871. The van der Waals surface area contributed by atoms with Crippen LogP contribution in [-0.4, -0.2) is 19.1 Å². The van der Waals surface area contributed by atoms with Gasteiger partial charge in [0, 0.05) is 18.4 Å². The second-order valence-electron chi connectivity index (χ2n) is 6.10. The predicted octanol–water partition coefficient (Wildman–Crippen LogP) is 2.97. The van der Waals surface area contributed by atoms with E-state index < -0.39 is 0 Å². The summed E-state index contributed by atoms with van der Waals surface area (Å²) >= 11 is 0. The van der Waals surface area contributed by atoms with Crippen LogP contribution in [0, 0.1) is 25.2 Å². The highest BCUT2D eigenvalue weighted by atomic mass is 15.1. The summed E-state index contributed by atoms with van der Waals surface area (Å²) in [6.45, 7) is 9.23. The standard InChI is InChI=1S/C17H21N5/c1-11(2)9-21-10-20-17-15(16(21)18)12(3)13(4)22(17)14-6-5-7-19-8-14/h5-8,10-11,18H,9H2,1-4H3. The van der Waals surface area contributed by atoms with Crippen LogP contribution < -0.4 is 5.49 Å². The van der Waals surface area contributed by atoms with Gasteiger partial charge in [-0.25, -0.2) is 4.98 Å². The zero-order valence-electron chi connectivity index (χ0n) is 13.5. The van der Waals surface area contributed by atoms with Gasteiger partial charge < -0.3 is 4.57 Å². The molecular weight excluding hydrogens is 274 g/mol. The van der Waals surface area contributed by atoms with Crippen molar-refractivity contribution >= 4 is 11.0 Å². The highest BCUT2D eigenvalue weighted by Crippen LogP contribution is 2.24. The summed E-state index contributed by atoms with van der Waals surface area (Å²) < 4.78 is 4.00. The van der Waals surface area contributed by atoms with Crippen molar-refractivity contribution < 1.29 is 0 Å². The molecule has 0 fully saturated rings. The lowest BCUT2D eigenvalue weighted by Gasteiger charge is -2.10. The minimum atomic E-state index is 0.482. The number of rotatable bonds is 3. The molecule has 5 nitrogen and oxygen atoms in total. The normalized spacial score (nSPS) is 11.5. The van der Waals surface area contributed by atoms with Crippen molar-refractivity contribution in [2.45, 2.75) is 34.2 Å². The Hall–Kier alpha value is -2.43. The molecule has 3 aromatic rings. The van der Waals surface area contributed by atoms with E-state index in [4.69, 9.17) is 5.41 Å². The van der Waals surface area contributed by atoms with E-state index >= 15 is 0 Å². The molecule has 0 saturated heterocycles. The third kappa shape index (κ3) is 2.22. The van der Waals surface area contributed by atoms with Crippen LogP contribution in [0.4, 0.5) is 0 Å². The molecule has 3 aromatic heterocycles. The summed E-state index contributed by atoms with van der Waals surface area (Å²) in [5.74, 6) is 0.482. The molecule has 0 aliphatic heterocycles. The third-order valence-corrected chi connectivity index (χ3v) is 4.00. The summed E-state index contributed by atoms with van der Waals surface area (Å²) in [6.07, 6.45) is 5.36. The first-order chi connectivity index (χ1) is 10.5. The van der Waals surface area contributed by atoms with Crippen LogP contribution in [0.25, 0.3) is 16.7 Å². The first kappa shape index (κ1) is 14.5. The molecule has 0 spiro atoms. The van der Waals surface area contributed by atoms with Crippen molar-refractivity contribution in [3.8, 4) is 5.69 Å². The highest BCUT2D eigenvalue weighted by Gasteiger charge is 2.16. The van der Waals surface area contributed by atoms with Crippen molar-refractivity contribution in [3.63, 3.8) is 0 Å². The number of hydrogen-bond acceptors (Lipinski definition) is 3. The fourth-order valence-electron chi connectivity index (χ4n) is 2.85. The van der Waals surface area contributed by atoms with Crippen molar-refractivity contribution in [1.82, 2.24) is 19.1 Å².